The van der Waals surface area contributed by atoms with Gasteiger partial charge in [0.15, 0.2) is 0 Å². The van der Waals surface area contributed by atoms with Gasteiger partial charge in [-0.3, -0.25) is 9.10 Å². The van der Waals surface area contributed by atoms with Crippen molar-refractivity contribution in [3.05, 3.63) is 78.4 Å². The van der Waals surface area contributed by atoms with Gasteiger partial charge in [-0.2, -0.15) is 4.31 Å². The summed E-state index contributed by atoms with van der Waals surface area (Å²) in [5.74, 6) is -0.106. The number of ether oxygens (including phenoxy) is 2. The number of carbonyl (C=O) groups excluding carboxylic acids is 1. The summed E-state index contributed by atoms with van der Waals surface area (Å²) in [4.78, 5) is 12.9. The molecule has 1 aliphatic heterocycles. The molecule has 0 aliphatic carbocycles. The molecule has 12 heteroatoms. The number of nitrogens with zero attached hydrogens (tertiary/aromatic N) is 2. The number of morpholine rings is 1. The van der Waals surface area contributed by atoms with Crippen molar-refractivity contribution in [1.82, 2.24) is 4.31 Å². The van der Waals surface area contributed by atoms with Crippen LogP contribution in [0.5, 0.6) is 5.75 Å². The highest BCUT2D eigenvalue weighted by Crippen LogP contribution is 2.31. The Bertz CT molecular complexity index is 1480. The average Bonchev–Trinajstić information content (AvgIpc) is 2.93. The molecule has 1 heterocycles. The number of hydrogen-bond donors (Lipinski definition) is 1. The zero-order valence-corrected chi connectivity index (χ0v) is 22.0. The standard InChI is InChI=1S/C25H27N3O7S2/c1-27(23-8-3-4-9-24(23)34-2)36(30,31)21-12-10-19(11-13-21)25(29)26-20-6-5-7-22(18-20)37(32,33)28-14-16-35-17-15-28/h3-13,18H,14-17H2,1-2H3,(H,26,29). The van der Waals surface area contributed by atoms with Gasteiger partial charge in [-0.1, -0.05) is 18.2 Å². The lowest BCUT2D eigenvalue weighted by Crippen LogP contribution is -2.40. The summed E-state index contributed by atoms with van der Waals surface area (Å²) in [6, 6.07) is 18.2. The second-order valence-electron chi connectivity index (χ2n) is 8.17. The molecule has 10 nitrogen and oxygen atoms in total. The van der Waals surface area contributed by atoms with Crippen LogP contribution in [-0.2, 0) is 24.8 Å². The smallest absolute Gasteiger partial charge is 0.264 e. The number of para-hydroxylation sites is 2. The first-order valence-corrected chi connectivity index (χ1v) is 14.2. The first kappa shape index (κ1) is 26.6. The molecule has 0 saturated carbocycles. The summed E-state index contributed by atoms with van der Waals surface area (Å²) in [6.07, 6.45) is 0. The second kappa shape index (κ2) is 10.9. The third-order valence-electron chi connectivity index (χ3n) is 5.90. The van der Waals surface area contributed by atoms with Gasteiger partial charge in [0, 0.05) is 31.4 Å². The zero-order valence-electron chi connectivity index (χ0n) is 20.3. The van der Waals surface area contributed by atoms with Crippen molar-refractivity contribution in [3.8, 4) is 5.75 Å². The maximum Gasteiger partial charge on any atom is 0.264 e. The zero-order chi connectivity index (χ0) is 26.6. The Hall–Kier alpha value is -3.45. The SMILES string of the molecule is COc1ccccc1N(C)S(=O)(=O)c1ccc(C(=O)Nc2cccc(S(=O)(=O)N3CCOCC3)c2)cc1. The molecule has 0 aromatic heterocycles. The summed E-state index contributed by atoms with van der Waals surface area (Å²) in [6.45, 7) is 1.19. The molecular weight excluding hydrogens is 518 g/mol. The van der Waals surface area contributed by atoms with E-state index in [1.807, 2.05) is 0 Å². The number of anilines is 2. The number of rotatable bonds is 8. The summed E-state index contributed by atoms with van der Waals surface area (Å²) in [7, 11) is -4.76. The lowest BCUT2D eigenvalue weighted by Gasteiger charge is -2.26. The van der Waals surface area contributed by atoms with Gasteiger partial charge in [0.2, 0.25) is 10.0 Å². The van der Waals surface area contributed by atoms with Gasteiger partial charge >= 0.3 is 0 Å². The van der Waals surface area contributed by atoms with Crippen LogP contribution in [0.4, 0.5) is 11.4 Å². The van der Waals surface area contributed by atoms with Crippen molar-refractivity contribution < 1.29 is 31.1 Å². The highest BCUT2D eigenvalue weighted by atomic mass is 32.2. The van der Waals surface area contributed by atoms with E-state index < -0.39 is 26.0 Å². The lowest BCUT2D eigenvalue weighted by atomic mass is 10.2. The lowest BCUT2D eigenvalue weighted by molar-refractivity contribution is 0.0730. The maximum absolute atomic E-state index is 13.1. The Kier molecular flexibility index (Phi) is 7.83. The number of methoxy groups -OCH3 is 1. The molecule has 0 bridgehead atoms. The quantitative estimate of drug-likeness (QED) is 0.462. The number of carbonyl (C=O) groups is 1. The number of benzene rings is 3. The predicted octanol–water partition coefficient (Wildman–Crippen LogP) is 2.79. The van der Waals surface area contributed by atoms with Gasteiger partial charge in [0.1, 0.15) is 5.75 Å². The van der Waals surface area contributed by atoms with E-state index in [-0.39, 0.29) is 28.4 Å². The molecule has 37 heavy (non-hydrogen) atoms. The van der Waals surface area contributed by atoms with Crippen molar-refractivity contribution in [3.63, 3.8) is 0 Å². The molecule has 1 saturated heterocycles. The molecule has 1 N–H and O–H groups in total. The van der Waals surface area contributed by atoms with Gasteiger partial charge < -0.3 is 14.8 Å². The molecule has 4 rings (SSSR count). The molecule has 1 amide bonds. The highest BCUT2D eigenvalue weighted by molar-refractivity contribution is 7.92. The van der Waals surface area contributed by atoms with Gasteiger partial charge in [0.25, 0.3) is 15.9 Å². The molecule has 0 spiro atoms. The van der Waals surface area contributed by atoms with Crippen LogP contribution in [0.15, 0.2) is 82.6 Å². The molecule has 3 aromatic rings. The third kappa shape index (κ3) is 5.62. The Labute approximate surface area is 216 Å². The molecule has 0 radical (unpaired) electrons. The summed E-state index contributed by atoms with van der Waals surface area (Å²) >= 11 is 0. The number of nitrogens with one attached hydrogen (secondary N) is 1. The Morgan fingerprint density at radius 1 is 0.919 bits per heavy atom. The van der Waals surface area contributed by atoms with Gasteiger partial charge in [0.05, 0.1) is 35.8 Å². The van der Waals surface area contributed by atoms with E-state index in [0.717, 1.165) is 4.31 Å². The third-order valence-corrected chi connectivity index (χ3v) is 9.58. The van der Waals surface area contributed by atoms with Crippen LogP contribution < -0.4 is 14.4 Å². The van der Waals surface area contributed by atoms with Crippen molar-refractivity contribution in [2.24, 2.45) is 0 Å². The predicted molar refractivity (Wildman–Crippen MR) is 139 cm³/mol. The van der Waals surface area contributed by atoms with Crippen molar-refractivity contribution in [2.75, 3.05) is 50.1 Å². The Morgan fingerprint density at radius 2 is 1.59 bits per heavy atom. The van der Waals surface area contributed by atoms with E-state index in [1.54, 1.807) is 36.4 Å². The summed E-state index contributed by atoms with van der Waals surface area (Å²) in [5, 5.41) is 2.67. The van der Waals surface area contributed by atoms with Crippen molar-refractivity contribution >= 4 is 37.3 Å². The van der Waals surface area contributed by atoms with Crippen LogP contribution in [0, 0.1) is 0 Å². The number of hydrogen-bond acceptors (Lipinski definition) is 7. The number of amides is 1. The fraction of sp³-hybridized carbons (Fsp3) is 0.240. The van der Waals surface area contributed by atoms with Crippen molar-refractivity contribution in [1.29, 1.82) is 0 Å². The minimum Gasteiger partial charge on any atom is -0.495 e. The van der Waals surface area contributed by atoms with Crippen LogP contribution in [0.25, 0.3) is 0 Å². The van der Waals surface area contributed by atoms with Gasteiger partial charge in [-0.05, 0) is 54.6 Å². The summed E-state index contributed by atoms with van der Waals surface area (Å²) in [5.41, 5.74) is 0.881. The van der Waals surface area contributed by atoms with Crippen molar-refractivity contribution in [2.45, 2.75) is 9.79 Å². The van der Waals surface area contributed by atoms with E-state index in [2.05, 4.69) is 5.32 Å². The first-order valence-electron chi connectivity index (χ1n) is 11.4. The highest BCUT2D eigenvalue weighted by Gasteiger charge is 2.27. The van der Waals surface area contributed by atoms with E-state index >= 15 is 0 Å². The fourth-order valence-electron chi connectivity index (χ4n) is 3.83. The fourth-order valence-corrected chi connectivity index (χ4v) is 6.49. The van der Waals surface area contributed by atoms with Crippen LogP contribution in [0.2, 0.25) is 0 Å². The minimum absolute atomic E-state index is 0.00365. The molecule has 0 unspecified atom stereocenters. The minimum atomic E-state index is -3.92. The van der Waals surface area contributed by atoms with E-state index in [1.165, 1.54) is 54.9 Å². The normalized spacial score (nSPS) is 14.6. The molecular formula is C25H27N3O7S2. The van der Waals surface area contributed by atoms with Gasteiger partial charge in [-0.15, -0.1) is 0 Å². The van der Waals surface area contributed by atoms with Crippen LogP contribution >= 0.6 is 0 Å². The molecule has 196 valence electrons. The monoisotopic (exact) mass is 545 g/mol. The Balaban J connectivity index is 1.50. The summed E-state index contributed by atoms with van der Waals surface area (Å²) < 4.78 is 65.0. The first-order chi connectivity index (χ1) is 17.6. The van der Waals surface area contributed by atoms with E-state index in [4.69, 9.17) is 9.47 Å². The van der Waals surface area contributed by atoms with Crippen LogP contribution in [0.3, 0.4) is 0 Å². The molecule has 0 atom stereocenters. The van der Waals surface area contributed by atoms with E-state index in [0.29, 0.717) is 30.3 Å². The van der Waals surface area contributed by atoms with Gasteiger partial charge in [-0.25, -0.2) is 16.8 Å². The Morgan fingerprint density at radius 3 is 2.27 bits per heavy atom. The largest absolute Gasteiger partial charge is 0.495 e. The maximum atomic E-state index is 13.1. The molecule has 1 fully saturated rings. The van der Waals surface area contributed by atoms with Crippen LogP contribution in [-0.4, -0.2) is 67.5 Å². The topological polar surface area (TPSA) is 122 Å². The van der Waals surface area contributed by atoms with E-state index in [9.17, 15) is 21.6 Å². The molecule has 1 aliphatic rings. The van der Waals surface area contributed by atoms with Crippen LogP contribution in [0.1, 0.15) is 10.4 Å². The molecule has 3 aromatic carbocycles. The number of sulfonamides is 2. The second-order valence-corrected chi connectivity index (χ2v) is 12.1. The average molecular weight is 546 g/mol.